The van der Waals surface area contributed by atoms with E-state index in [1.807, 2.05) is 0 Å². The van der Waals surface area contributed by atoms with Gasteiger partial charge in [0.2, 0.25) is 0 Å². The molecule has 10 heavy (non-hydrogen) atoms. The Bertz CT molecular complexity index is 168. The largest absolute Gasteiger partial charge is 0.355 e. The highest BCUT2D eigenvalue weighted by Gasteiger charge is 2.25. The van der Waals surface area contributed by atoms with Gasteiger partial charge in [-0.3, -0.25) is 4.48 Å². The minimum Gasteiger partial charge on any atom is -0.355 e. The Hall–Kier alpha value is -0.500. The van der Waals surface area contributed by atoms with Crippen molar-refractivity contribution in [3.63, 3.8) is 0 Å². The molecule has 1 aliphatic rings. The predicted octanol–water partition coefficient (Wildman–Crippen LogP) is 1.05. The molecule has 1 heterocycles. The van der Waals surface area contributed by atoms with E-state index in [4.69, 9.17) is 5.73 Å². The molecule has 0 spiro atoms. The molecule has 0 radical (unpaired) electrons. The lowest BCUT2D eigenvalue weighted by molar-refractivity contribution is -0.856. The van der Waals surface area contributed by atoms with Crippen LogP contribution in [0.5, 0.6) is 0 Å². The lowest BCUT2D eigenvalue weighted by Gasteiger charge is -2.33. The Morgan fingerprint density at radius 2 is 2.00 bits per heavy atom. The van der Waals surface area contributed by atoms with E-state index in [2.05, 4.69) is 21.0 Å². The zero-order valence-electron chi connectivity index (χ0n) is 7.15. The molecule has 0 aromatic heterocycles. The van der Waals surface area contributed by atoms with E-state index in [0.29, 0.717) is 0 Å². The maximum atomic E-state index is 5.91. The minimum absolute atomic E-state index is 0.881. The van der Waals surface area contributed by atoms with Crippen LogP contribution >= 0.6 is 0 Å². The summed E-state index contributed by atoms with van der Waals surface area (Å²) >= 11 is 0. The van der Waals surface area contributed by atoms with Gasteiger partial charge in [-0.2, -0.15) is 0 Å². The molecule has 0 amide bonds. The number of hydrogen-bond acceptors (Lipinski definition) is 1. The smallest absolute Gasteiger partial charge is 0.197 e. The number of nitrogens with two attached hydrogens (primary N) is 1. The highest BCUT2D eigenvalue weighted by Crippen LogP contribution is 2.21. The summed E-state index contributed by atoms with van der Waals surface area (Å²) in [6.45, 7) is 3.32. The molecule has 1 aliphatic heterocycles. The molecule has 0 fully saturated rings. The molecule has 58 valence electrons. The summed E-state index contributed by atoms with van der Waals surface area (Å²) in [4.78, 5) is 0. The van der Waals surface area contributed by atoms with Crippen molar-refractivity contribution in [2.24, 2.45) is 5.73 Å². The molecule has 2 heteroatoms. The molecule has 0 aliphatic carbocycles. The average molecular weight is 141 g/mol. The molecule has 2 N–H and O–H groups in total. The third-order valence-electron chi connectivity index (χ3n) is 2.36. The number of hydrogen-bond donors (Lipinski definition) is 1. The van der Waals surface area contributed by atoms with E-state index in [1.54, 1.807) is 0 Å². The van der Waals surface area contributed by atoms with E-state index < -0.39 is 0 Å². The fourth-order valence-corrected chi connectivity index (χ4v) is 1.50. The van der Waals surface area contributed by atoms with Crippen LogP contribution in [0.3, 0.4) is 0 Å². The van der Waals surface area contributed by atoms with Crippen molar-refractivity contribution in [3.05, 3.63) is 11.4 Å². The van der Waals surface area contributed by atoms with Gasteiger partial charge in [-0.25, -0.2) is 0 Å². The normalized spacial score (nSPS) is 25.1. The van der Waals surface area contributed by atoms with E-state index >= 15 is 0 Å². The predicted molar refractivity (Wildman–Crippen MR) is 43.1 cm³/mol. The third kappa shape index (κ3) is 1.16. The van der Waals surface area contributed by atoms with Crippen LogP contribution in [-0.2, 0) is 0 Å². The summed E-state index contributed by atoms with van der Waals surface area (Å²) < 4.78 is 0.881. The number of nitrogens with zero attached hydrogens (tertiary/aromatic N) is 1. The fourth-order valence-electron chi connectivity index (χ4n) is 1.50. The number of rotatable bonds is 0. The van der Waals surface area contributed by atoms with E-state index in [1.165, 1.54) is 25.0 Å². The Balaban J connectivity index is 2.89. The van der Waals surface area contributed by atoms with Gasteiger partial charge in [0.15, 0.2) is 5.82 Å². The molecule has 2 nitrogen and oxygen atoms in total. The highest BCUT2D eigenvalue weighted by atomic mass is 15.4. The summed E-state index contributed by atoms with van der Waals surface area (Å²) in [5.41, 5.74) is 7.28. The van der Waals surface area contributed by atoms with Gasteiger partial charge in [-0.15, -0.1) is 0 Å². The standard InChI is InChI=1S/C8H17N2/c1-7-5-4-6-10(2,3)8(7)9/h4-6,9H2,1-3H3/q+1. The van der Waals surface area contributed by atoms with Crippen LogP contribution in [0.2, 0.25) is 0 Å². The molecule has 0 unspecified atom stereocenters. The van der Waals surface area contributed by atoms with Crippen LogP contribution in [0.1, 0.15) is 19.8 Å². The molecule has 0 saturated heterocycles. The minimum atomic E-state index is 0.881. The Morgan fingerprint density at radius 3 is 2.40 bits per heavy atom. The summed E-state index contributed by atoms with van der Waals surface area (Å²) in [5.74, 6) is 1.06. The lowest BCUT2D eigenvalue weighted by Crippen LogP contribution is -2.45. The van der Waals surface area contributed by atoms with Gasteiger partial charge in [0.1, 0.15) is 0 Å². The average Bonchev–Trinajstić information content (AvgIpc) is 1.83. The summed E-state index contributed by atoms with van der Waals surface area (Å²) in [6.07, 6.45) is 2.47. The highest BCUT2D eigenvalue weighted by molar-refractivity contribution is 5.04. The van der Waals surface area contributed by atoms with Crippen LogP contribution in [0.15, 0.2) is 11.4 Å². The third-order valence-corrected chi connectivity index (χ3v) is 2.36. The first-order valence-corrected chi connectivity index (χ1v) is 3.83. The van der Waals surface area contributed by atoms with Gasteiger partial charge in [0, 0.05) is 12.0 Å². The maximum absolute atomic E-state index is 5.91. The summed E-state index contributed by atoms with van der Waals surface area (Å²) in [5, 5.41) is 0. The van der Waals surface area contributed by atoms with Crippen molar-refractivity contribution in [1.29, 1.82) is 0 Å². The van der Waals surface area contributed by atoms with Gasteiger partial charge < -0.3 is 5.73 Å². The monoisotopic (exact) mass is 141 g/mol. The van der Waals surface area contributed by atoms with Crippen molar-refractivity contribution in [2.75, 3.05) is 20.6 Å². The van der Waals surface area contributed by atoms with Crippen LogP contribution in [-0.4, -0.2) is 25.1 Å². The first kappa shape index (κ1) is 7.61. The fraction of sp³-hybridized carbons (Fsp3) is 0.750. The first-order valence-electron chi connectivity index (χ1n) is 3.83. The zero-order chi connectivity index (χ0) is 7.78. The van der Waals surface area contributed by atoms with Crippen LogP contribution in [0.25, 0.3) is 0 Å². The number of allylic oxidation sites excluding steroid dienone is 1. The van der Waals surface area contributed by atoms with Crippen LogP contribution in [0, 0.1) is 0 Å². The topological polar surface area (TPSA) is 26.0 Å². The van der Waals surface area contributed by atoms with Crippen LogP contribution < -0.4 is 5.73 Å². The van der Waals surface area contributed by atoms with Gasteiger partial charge in [0.05, 0.1) is 20.6 Å². The lowest BCUT2D eigenvalue weighted by atomic mass is 10.1. The first-order chi connectivity index (χ1) is 4.54. The molecule has 0 saturated carbocycles. The molecule has 0 bridgehead atoms. The van der Waals surface area contributed by atoms with Gasteiger partial charge in [-0.05, 0) is 13.3 Å². The molecular formula is C8H17N2+. The second-order valence-electron chi connectivity index (χ2n) is 3.68. The van der Waals surface area contributed by atoms with Crippen molar-refractivity contribution in [3.8, 4) is 0 Å². The van der Waals surface area contributed by atoms with Gasteiger partial charge in [0.25, 0.3) is 0 Å². The van der Waals surface area contributed by atoms with E-state index in [-0.39, 0.29) is 0 Å². The second-order valence-corrected chi connectivity index (χ2v) is 3.68. The zero-order valence-corrected chi connectivity index (χ0v) is 7.15. The summed E-state index contributed by atoms with van der Waals surface area (Å²) in [7, 11) is 4.33. The quantitative estimate of drug-likeness (QED) is 0.501. The maximum Gasteiger partial charge on any atom is 0.197 e. The second kappa shape index (κ2) is 2.27. The molecule has 0 atom stereocenters. The molecule has 0 aromatic rings. The molecule has 0 aromatic carbocycles. The Morgan fingerprint density at radius 1 is 1.40 bits per heavy atom. The Labute approximate surface area is 62.9 Å². The SMILES string of the molecule is CC1=C(N)[N+](C)(C)CCC1. The molecular weight excluding hydrogens is 124 g/mol. The number of quaternary nitrogens is 1. The molecule has 1 rings (SSSR count). The van der Waals surface area contributed by atoms with Gasteiger partial charge in [-0.1, -0.05) is 0 Å². The van der Waals surface area contributed by atoms with Gasteiger partial charge >= 0.3 is 0 Å². The van der Waals surface area contributed by atoms with E-state index in [0.717, 1.165) is 10.3 Å². The van der Waals surface area contributed by atoms with Crippen molar-refractivity contribution in [2.45, 2.75) is 19.8 Å². The van der Waals surface area contributed by atoms with E-state index in [9.17, 15) is 0 Å². The van der Waals surface area contributed by atoms with Crippen LogP contribution in [0.4, 0.5) is 0 Å². The summed E-state index contributed by atoms with van der Waals surface area (Å²) in [6, 6.07) is 0. The van der Waals surface area contributed by atoms with Crippen molar-refractivity contribution in [1.82, 2.24) is 0 Å². The van der Waals surface area contributed by atoms with Crippen molar-refractivity contribution < 1.29 is 4.48 Å². The van der Waals surface area contributed by atoms with Crippen molar-refractivity contribution >= 4 is 0 Å². The Kier molecular flexibility index (Phi) is 1.73.